The molecule has 2 atom stereocenters. The lowest BCUT2D eigenvalue weighted by atomic mass is 10.0. The van der Waals surface area contributed by atoms with Crippen molar-refractivity contribution in [2.24, 2.45) is 5.73 Å². The summed E-state index contributed by atoms with van der Waals surface area (Å²) in [5, 5.41) is 0. The van der Waals surface area contributed by atoms with E-state index in [1.54, 1.807) is 0 Å². The summed E-state index contributed by atoms with van der Waals surface area (Å²) in [4.78, 5) is 22.6. The van der Waals surface area contributed by atoms with Crippen molar-refractivity contribution >= 4 is 13.8 Å². The Bertz CT molecular complexity index is 1060. The van der Waals surface area contributed by atoms with Crippen LogP contribution in [0, 0.1) is 0 Å². The molecule has 0 saturated heterocycles. The fraction of sp³-hybridized carbons (Fsp3) is 0.824. The monoisotopic (exact) mass is 866 g/mol. The Morgan fingerprint density at radius 3 is 1.40 bits per heavy atom. The minimum Gasteiger partial charge on any atom is -0.457 e. The lowest BCUT2D eigenvalue weighted by Gasteiger charge is -2.20. The number of carbonyl (C=O) groups excluding carboxylic acids is 1. The summed E-state index contributed by atoms with van der Waals surface area (Å²) in [5.74, 6) is -0.330. The third-order valence-corrected chi connectivity index (χ3v) is 11.7. The molecule has 9 heteroatoms. The molecule has 352 valence electrons. The average molecular weight is 866 g/mol. The lowest BCUT2D eigenvalue weighted by molar-refractivity contribution is -0.154. The molecule has 0 aliphatic carbocycles. The van der Waals surface area contributed by atoms with Crippen LogP contribution in [0.25, 0.3) is 0 Å². The fourth-order valence-corrected chi connectivity index (χ4v) is 7.87. The first-order chi connectivity index (χ1) is 29.4. The minimum atomic E-state index is -4.28. The van der Waals surface area contributed by atoms with E-state index in [4.69, 9.17) is 24.3 Å². The Morgan fingerprint density at radius 1 is 0.517 bits per heavy atom. The van der Waals surface area contributed by atoms with Gasteiger partial charge in [-0.3, -0.25) is 13.8 Å². The van der Waals surface area contributed by atoms with Crippen molar-refractivity contribution in [2.75, 3.05) is 33.0 Å². The second kappa shape index (κ2) is 48.5. The van der Waals surface area contributed by atoms with Crippen LogP contribution in [-0.2, 0) is 27.9 Å². The summed E-state index contributed by atoms with van der Waals surface area (Å²) < 4.78 is 33.6. The Hall–Kier alpha value is -1.54. The summed E-state index contributed by atoms with van der Waals surface area (Å²) in [6.45, 7) is 4.85. The number of unbranched alkanes of at least 4 members (excludes halogenated alkanes) is 27. The molecule has 0 bridgehead atoms. The van der Waals surface area contributed by atoms with Gasteiger partial charge in [0.1, 0.15) is 6.10 Å². The standard InChI is InChI=1S/C51H96NO7P/c1-3-5-7-9-11-13-15-17-19-21-22-23-24-25-26-27-28-29-30-32-34-36-38-40-42-44-51(53)59-50(49-58-60(54,55)57-47-45-52)48-56-46-43-41-39-37-35-33-31-20-18-16-14-12-10-8-6-4-2/h5,7,11,13,17,19,22-23,50H,3-4,6,8-10,12,14-16,18,20-21,24-49,52H2,1-2H3,(H,54,55)/b7-5-,13-11-,19-17-,23-22-. The first-order valence-corrected chi connectivity index (χ1v) is 26.6. The van der Waals surface area contributed by atoms with Gasteiger partial charge in [-0.2, -0.15) is 0 Å². The van der Waals surface area contributed by atoms with E-state index in [0.717, 1.165) is 57.8 Å². The Labute approximate surface area is 371 Å². The van der Waals surface area contributed by atoms with Crippen LogP contribution >= 0.6 is 7.82 Å². The van der Waals surface area contributed by atoms with E-state index in [1.807, 2.05) is 0 Å². The van der Waals surface area contributed by atoms with E-state index in [2.05, 4.69) is 62.5 Å². The van der Waals surface area contributed by atoms with E-state index in [9.17, 15) is 14.3 Å². The van der Waals surface area contributed by atoms with Crippen LogP contribution in [0.3, 0.4) is 0 Å². The number of hydrogen-bond donors (Lipinski definition) is 2. The number of esters is 1. The number of hydrogen-bond acceptors (Lipinski definition) is 7. The van der Waals surface area contributed by atoms with Crippen LogP contribution < -0.4 is 5.73 Å². The van der Waals surface area contributed by atoms with Crippen LogP contribution in [0.2, 0.25) is 0 Å². The summed E-state index contributed by atoms with van der Waals surface area (Å²) in [5.41, 5.74) is 5.39. The van der Waals surface area contributed by atoms with Gasteiger partial charge >= 0.3 is 13.8 Å². The molecule has 60 heavy (non-hydrogen) atoms. The topological polar surface area (TPSA) is 117 Å². The van der Waals surface area contributed by atoms with Gasteiger partial charge in [0.25, 0.3) is 0 Å². The van der Waals surface area contributed by atoms with Gasteiger partial charge in [-0.25, -0.2) is 4.57 Å². The van der Waals surface area contributed by atoms with Crippen molar-refractivity contribution in [3.63, 3.8) is 0 Å². The highest BCUT2D eigenvalue weighted by Gasteiger charge is 2.25. The molecular weight excluding hydrogens is 770 g/mol. The van der Waals surface area contributed by atoms with E-state index < -0.39 is 13.9 Å². The smallest absolute Gasteiger partial charge is 0.457 e. The maximum atomic E-state index is 12.7. The maximum absolute atomic E-state index is 12.7. The summed E-state index contributed by atoms with van der Waals surface area (Å²) in [7, 11) is -4.28. The molecule has 0 rings (SSSR count). The maximum Gasteiger partial charge on any atom is 0.472 e. The lowest BCUT2D eigenvalue weighted by Crippen LogP contribution is -2.28. The predicted octanol–water partition coefficient (Wildman–Crippen LogP) is 15.5. The molecular formula is C51H96NO7P. The van der Waals surface area contributed by atoms with Crippen molar-refractivity contribution in [1.82, 2.24) is 0 Å². The van der Waals surface area contributed by atoms with Gasteiger partial charge in [0.2, 0.25) is 0 Å². The molecule has 2 unspecified atom stereocenters. The van der Waals surface area contributed by atoms with E-state index in [1.165, 1.54) is 154 Å². The SMILES string of the molecule is CC/C=C\C/C=C\C/C=C\C/C=C\CCCCCCCCCCCCCCC(=O)OC(COCCCCCCCCCCCCCCCCCC)COP(=O)(O)OCCN. The second-order valence-electron chi connectivity index (χ2n) is 16.7. The van der Waals surface area contributed by atoms with Gasteiger partial charge in [0.05, 0.1) is 19.8 Å². The molecule has 0 fully saturated rings. The Morgan fingerprint density at radius 2 is 0.933 bits per heavy atom. The minimum absolute atomic E-state index is 0.0950. The number of phosphoric ester groups is 1. The van der Waals surface area contributed by atoms with Crippen molar-refractivity contribution < 1.29 is 32.8 Å². The van der Waals surface area contributed by atoms with Crippen molar-refractivity contribution in [3.8, 4) is 0 Å². The first kappa shape index (κ1) is 58.5. The van der Waals surface area contributed by atoms with Crippen molar-refractivity contribution in [3.05, 3.63) is 48.6 Å². The molecule has 8 nitrogen and oxygen atoms in total. The molecule has 0 aromatic heterocycles. The number of allylic oxidation sites excluding steroid dienone is 8. The summed E-state index contributed by atoms with van der Waals surface area (Å²) >= 11 is 0. The zero-order valence-corrected chi connectivity index (χ0v) is 40.1. The van der Waals surface area contributed by atoms with Crippen LogP contribution in [-0.4, -0.2) is 49.9 Å². The van der Waals surface area contributed by atoms with Gasteiger partial charge in [0, 0.05) is 19.6 Å². The molecule has 0 amide bonds. The van der Waals surface area contributed by atoms with Gasteiger partial charge < -0.3 is 20.1 Å². The molecule has 0 aliphatic heterocycles. The normalized spacial score (nSPS) is 13.7. The number of phosphoric acid groups is 1. The Kier molecular flexibility index (Phi) is 47.2. The third-order valence-electron chi connectivity index (χ3n) is 10.8. The molecule has 0 aromatic carbocycles. The number of carbonyl (C=O) groups is 1. The van der Waals surface area contributed by atoms with Gasteiger partial charge in [-0.1, -0.05) is 223 Å². The zero-order valence-electron chi connectivity index (χ0n) is 39.2. The molecule has 0 saturated carbocycles. The first-order valence-electron chi connectivity index (χ1n) is 25.1. The fourth-order valence-electron chi connectivity index (χ4n) is 7.11. The number of nitrogens with two attached hydrogens (primary N) is 1. The molecule has 3 N–H and O–H groups in total. The second-order valence-corrected chi connectivity index (χ2v) is 18.1. The molecule has 0 heterocycles. The summed E-state index contributed by atoms with van der Waals surface area (Å²) in [6.07, 6.45) is 58.5. The van der Waals surface area contributed by atoms with Crippen molar-refractivity contribution in [1.29, 1.82) is 0 Å². The highest BCUT2D eigenvalue weighted by atomic mass is 31.2. The molecule has 0 aromatic rings. The summed E-state index contributed by atoms with van der Waals surface area (Å²) in [6, 6.07) is 0. The third kappa shape index (κ3) is 47.5. The van der Waals surface area contributed by atoms with Gasteiger partial charge in [0.15, 0.2) is 0 Å². The van der Waals surface area contributed by atoms with Crippen LogP contribution in [0.15, 0.2) is 48.6 Å². The van der Waals surface area contributed by atoms with E-state index >= 15 is 0 Å². The Balaban J connectivity index is 3.92. The van der Waals surface area contributed by atoms with Crippen LogP contribution in [0.5, 0.6) is 0 Å². The largest absolute Gasteiger partial charge is 0.472 e. The van der Waals surface area contributed by atoms with Crippen LogP contribution in [0.1, 0.15) is 232 Å². The molecule has 0 aliphatic rings. The average Bonchev–Trinajstić information content (AvgIpc) is 3.24. The zero-order chi connectivity index (χ0) is 43.7. The predicted molar refractivity (Wildman–Crippen MR) is 256 cm³/mol. The van der Waals surface area contributed by atoms with E-state index in [0.29, 0.717) is 13.0 Å². The highest BCUT2D eigenvalue weighted by molar-refractivity contribution is 7.47. The van der Waals surface area contributed by atoms with Gasteiger partial charge in [-0.15, -0.1) is 0 Å². The van der Waals surface area contributed by atoms with Gasteiger partial charge in [-0.05, 0) is 51.4 Å². The molecule has 0 radical (unpaired) electrons. The number of ether oxygens (including phenoxy) is 2. The van der Waals surface area contributed by atoms with Crippen molar-refractivity contribution in [2.45, 2.75) is 238 Å². The highest BCUT2D eigenvalue weighted by Crippen LogP contribution is 2.43. The molecule has 0 spiro atoms. The van der Waals surface area contributed by atoms with Crippen LogP contribution in [0.4, 0.5) is 0 Å². The van der Waals surface area contributed by atoms with E-state index in [-0.39, 0.29) is 32.3 Å². The quantitative estimate of drug-likeness (QED) is 0.0269. The number of rotatable bonds is 48.